The maximum Gasteiger partial charge on any atom is 0.234 e. The van der Waals surface area contributed by atoms with Crippen LogP contribution in [0.15, 0.2) is 23.0 Å². The Morgan fingerprint density at radius 2 is 1.95 bits per heavy atom. The minimum absolute atomic E-state index is 0.0000723. The van der Waals surface area contributed by atoms with Crippen molar-refractivity contribution in [3.05, 3.63) is 45.2 Å². The van der Waals surface area contributed by atoms with Crippen LogP contribution in [0.4, 0.5) is 0 Å². The molecule has 1 atom stereocenters. The number of hydrogen-bond acceptors (Lipinski definition) is 3. The van der Waals surface area contributed by atoms with Gasteiger partial charge in [0.05, 0.1) is 11.6 Å². The first-order chi connectivity index (χ1) is 9.81. The van der Waals surface area contributed by atoms with Gasteiger partial charge in [-0.2, -0.15) is 0 Å². The lowest BCUT2D eigenvalue weighted by Crippen LogP contribution is -2.40. The number of amides is 1. The molecule has 1 aromatic heterocycles. The number of H-pyrrole nitrogens is 1. The zero-order valence-corrected chi connectivity index (χ0v) is 12.9. The van der Waals surface area contributed by atoms with Gasteiger partial charge in [0.2, 0.25) is 5.91 Å². The number of likely N-dealkylation sites (N-methyl/N-ethyl adjacent to an activating group) is 1. The van der Waals surface area contributed by atoms with Gasteiger partial charge in [-0.15, -0.1) is 0 Å². The predicted octanol–water partition coefficient (Wildman–Crippen LogP) is 1.45. The summed E-state index contributed by atoms with van der Waals surface area (Å²) in [5, 5.41) is 0.726. The highest BCUT2D eigenvalue weighted by Gasteiger charge is 2.16. The molecule has 0 saturated carbocycles. The van der Waals surface area contributed by atoms with Gasteiger partial charge in [-0.25, -0.2) is 0 Å². The minimum atomic E-state index is -0.386. The molecule has 0 aliphatic carbocycles. The van der Waals surface area contributed by atoms with Crippen molar-refractivity contribution in [3.63, 3.8) is 0 Å². The molecule has 0 spiro atoms. The number of carbonyl (C=O) groups is 1. The summed E-state index contributed by atoms with van der Waals surface area (Å²) in [6.07, 6.45) is 0. The van der Waals surface area contributed by atoms with E-state index in [2.05, 4.69) is 4.98 Å². The number of fused-ring (bicyclic) bond motifs is 1. The Labute approximate surface area is 123 Å². The Morgan fingerprint density at radius 3 is 2.57 bits per heavy atom. The van der Waals surface area contributed by atoms with E-state index in [-0.39, 0.29) is 17.4 Å². The maximum atomic E-state index is 12.3. The van der Waals surface area contributed by atoms with E-state index in [1.54, 1.807) is 20.0 Å². The van der Waals surface area contributed by atoms with Crippen molar-refractivity contribution in [1.29, 1.82) is 0 Å². The number of benzene rings is 1. The van der Waals surface area contributed by atoms with Crippen LogP contribution in [-0.2, 0) is 11.3 Å². The Hall–Kier alpha value is -2.14. The largest absolute Gasteiger partial charge is 0.368 e. The van der Waals surface area contributed by atoms with Gasteiger partial charge in [0.1, 0.15) is 0 Å². The third kappa shape index (κ3) is 2.97. The molecule has 0 fully saturated rings. The first-order valence-corrected chi connectivity index (χ1v) is 6.93. The molecule has 2 rings (SSSR count). The SMILES string of the molecule is Cc1ccc(C)c2c(=O)cc(CN(C)[C@H](C)C(N)=O)[nH]c12. The van der Waals surface area contributed by atoms with Gasteiger partial charge in [-0.1, -0.05) is 12.1 Å². The molecular formula is C16H21N3O2. The molecule has 0 saturated heterocycles. The number of nitrogens with two attached hydrogens (primary N) is 1. The van der Waals surface area contributed by atoms with Gasteiger partial charge < -0.3 is 10.7 Å². The van der Waals surface area contributed by atoms with E-state index >= 15 is 0 Å². The fraction of sp³-hybridized carbons (Fsp3) is 0.375. The Balaban J connectivity index is 2.46. The molecule has 0 bridgehead atoms. The fourth-order valence-corrected chi connectivity index (χ4v) is 2.42. The summed E-state index contributed by atoms with van der Waals surface area (Å²) >= 11 is 0. The second-order valence-electron chi connectivity index (χ2n) is 5.60. The second kappa shape index (κ2) is 5.69. The summed E-state index contributed by atoms with van der Waals surface area (Å²) in [5.41, 5.74) is 8.92. The average Bonchev–Trinajstić information content (AvgIpc) is 2.41. The summed E-state index contributed by atoms with van der Waals surface area (Å²) in [6, 6.07) is 5.16. The van der Waals surface area contributed by atoms with E-state index in [9.17, 15) is 9.59 Å². The Bertz CT molecular complexity index is 749. The van der Waals surface area contributed by atoms with Gasteiger partial charge in [-0.3, -0.25) is 14.5 Å². The Kier molecular flexibility index (Phi) is 4.14. The number of carbonyl (C=O) groups excluding carboxylic acids is 1. The molecule has 0 aliphatic heterocycles. The lowest BCUT2D eigenvalue weighted by atomic mass is 10.0. The van der Waals surface area contributed by atoms with Gasteiger partial charge >= 0.3 is 0 Å². The predicted molar refractivity (Wildman–Crippen MR) is 84.2 cm³/mol. The first-order valence-electron chi connectivity index (χ1n) is 6.93. The molecule has 1 heterocycles. The van der Waals surface area contributed by atoms with Crippen LogP contribution in [0.5, 0.6) is 0 Å². The molecule has 0 aliphatic rings. The molecule has 3 N–H and O–H groups in total. The third-order valence-corrected chi connectivity index (χ3v) is 3.95. The molecule has 112 valence electrons. The smallest absolute Gasteiger partial charge is 0.234 e. The lowest BCUT2D eigenvalue weighted by molar-refractivity contribution is -0.122. The van der Waals surface area contributed by atoms with E-state index in [0.717, 1.165) is 27.7 Å². The maximum absolute atomic E-state index is 12.3. The van der Waals surface area contributed by atoms with Gasteiger partial charge in [0.25, 0.3) is 0 Å². The number of aromatic amines is 1. The van der Waals surface area contributed by atoms with E-state index < -0.39 is 0 Å². The van der Waals surface area contributed by atoms with Crippen LogP contribution in [0.3, 0.4) is 0 Å². The minimum Gasteiger partial charge on any atom is -0.368 e. The second-order valence-corrected chi connectivity index (χ2v) is 5.60. The number of hydrogen-bond donors (Lipinski definition) is 2. The monoisotopic (exact) mass is 287 g/mol. The standard InChI is InChI=1S/C16H21N3O2/c1-9-5-6-10(2)15-14(9)13(20)7-12(18-15)8-19(4)11(3)16(17)21/h5-7,11H,8H2,1-4H3,(H2,17,21)(H,18,20)/t11-/m1/s1. The summed E-state index contributed by atoms with van der Waals surface area (Å²) in [5.74, 6) is -0.382. The number of aryl methyl sites for hydroxylation is 2. The molecule has 5 heteroatoms. The van der Waals surface area contributed by atoms with E-state index in [1.165, 1.54) is 0 Å². The molecule has 5 nitrogen and oxygen atoms in total. The van der Waals surface area contributed by atoms with E-state index in [0.29, 0.717) is 6.54 Å². The first kappa shape index (κ1) is 15.3. The summed E-state index contributed by atoms with van der Waals surface area (Å²) < 4.78 is 0. The van der Waals surface area contributed by atoms with Crippen molar-refractivity contribution < 1.29 is 4.79 Å². The van der Waals surface area contributed by atoms with E-state index in [4.69, 9.17) is 5.73 Å². The van der Waals surface area contributed by atoms with Crippen molar-refractivity contribution in [2.24, 2.45) is 5.73 Å². The van der Waals surface area contributed by atoms with E-state index in [1.807, 2.05) is 30.9 Å². The van der Waals surface area contributed by atoms with Crippen LogP contribution < -0.4 is 11.2 Å². The number of rotatable bonds is 4. The molecular weight excluding hydrogens is 266 g/mol. The number of primary amides is 1. The number of pyridine rings is 1. The Morgan fingerprint density at radius 1 is 1.33 bits per heavy atom. The van der Waals surface area contributed by atoms with Crippen molar-refractivity contribution in [3.8, 4) is 0 Å². The van der Waals surface area contributed by atoms with Crippen molar-refractivity contribution in [1.82, 2.24) is 9.88 Å². The highest BCUT2D eigenvalue weighted by Crippen LogP contribution is 2.18. The van der Waals surface area contributed by atoms with Crippen LogP contribution in [0.25, 0.3) is 10.9 Å². The zero-order chi connectivity index (χ0) is 15.7. The lowest BCUT2D eigenvalue weighted by Gasteiger charge is -2.22. The highest BCUT2D eigenvalue weighted by molar-refractivity contribution is 5.84. The van der Waals surface area contributed by atoms with Crippen LogP contribution in [-0.4, -0.2) is 28.9 Å². The third-order valence-electron chi connectivity index (χ3n) is 3.95. The van der Waals surface area contributed by atoms with Gasteiger partial charge in [0.15, 0.2) is 5.43 Å². The summed E-state index contributed by atoms with van der Waals surface area (Å²) in [6.45, 7) is 6.11. The molecule has 2 aromatic rings. The number of nitrogens with zero attached hydrogens (tertiary/aromatic N) is 1. The quantitative estimate of drug-likeness (QED) is 0.893. The molecule has 0 radical (unpaired) electrons. The van der Waals surface area contributed by atoms with Crippen LogP contribution in [0.2, 0.25) is 0 Å². The molecule has 0 unspecified atom stereocenters. The zero-order valence-electron chi connectivity index (χ0n) is 12.9. The molecule has 1 aromatic carbocycles. The van der Waals surface area contributed by atoms with Crippen LogP contribution >= 0.6 is 0 Å². The number of nitrogens with one attached hydrogen (secondary N) is 1. The van der Waals surface area contributed by atoms with Crippen molar-refractivity contribution in [2.75, 3.05) is 7.05 Å². The topological polar surface area (TPSA) is 79.2 Å². The van der Waals surface area contributed by atoms with Crippen LogP contribution in [0.1, 0.15) is 23.7 Å². The summed E-state index contributed by atoms with van der Waals surface area (Å²) in [7, 11) is 1.81. The van der Waals surface area contributed by atoms with Gasteiger partial charge in [0, 0.05) is 23.7 Å². The molecule has 1 amide bonds. The van der Waals surface area contributed by atoms with Gasteiger partial charge in [-0.05, 0) is 38.9 Å². The fourth-order valence-electron chi connectivity index (χ4n) is 2.42. The molecule has 21 heavy (non-hydrogen) atoms. The average molecular weight is 287 g/mol. The highest BCUT2D eigenvalue weighted by atomic mass is 16.1. The number of aromatic nitrogens is 1. The van der Waals surface area contributed by atoms with Crippen LogP contribution in [0, 0.1) is 13.8 Å². The van der Waals surface area contributed by atoms with Crippen molar-refractivity contribution in [2.45, 2.75) is 33.4 Å². The summed E-state index contributed by atoms with van der Waals surface area (Å²) in [4.78, 5) is 28.7. The van der Waals surface area contributed by atoms with Crippen molar-refractivity contribution >= 4 is 16.8 Å². The normalized spacial score (nSPS) is 12.8.